The first-order valence-electron chi connectivity index (χ1n) is 31.6. The third-order valence-electron chi connectivity index (χ3n) is 13.6. The van der Waals surface area contributed by atoms with Crippen LogP contribution < -0.4 is 0 Å². The van der Waals surface area contributed by atoms with Gasteiger partial charge in [0.1, 0.15) is 13.2 Å². The van der Waals surface area contributed by atoms with E-state index in [1.807, 2.05) is 0 Å². The molecule has 0 aliphatic rings. The van der Waals surface area contributed by atoms with Crippen molar-refractivity contribution in [3.63, 3.8) is 0 Å². The van der Waals surface area contributed by atoms with Gasteiger partial charge in [0.2, 0.25) is 0 Å². The van der Waals surface area contributed by atoms with Crippen molar-refractivity contribution in [2.45, 2.75) is 316 Å². The maximum atomic E-state index is 12.8. The van der Waals surface area contributed by atoms with Crippen LogP contribution in [0.25, 0.3) is 0 Å². The fourth-order valence-corrected chi connectivity index (χ4v) is 8.91. The number of esters is 3. The fourth-order valence-electron chi connectivity index (χ4n) is 8.91. The molecule has 1 unspecified atom stereocenters. The number of ether oxygens (including phenoxy) is 3. The SMILES string of the molecule is CC/C=C\C/C=C\C/C=C\C/C=C\C/C=C\C/C=C\CCCCCCCCCCCCCCCCC(=O)OCC(COC(=O)CCCCCCCCC)OC(=O)CCCCCCC/C=C\CCCCCCCCC. The van der Waals surface area contributed by atoms with Crippen molar-refractivity contribution in [1.29, 1.82) is 0 Å². The normalized spacial score (nSPS) is 12.6. The van der Waals surface area contributed by atoms with Gasteiger partial charge in [0.25, 0.3) is 0 Å². The van der Waals surface area contributed by atoms with E-state index in [9.17, 15) is 14.4 Å². The van der Waals surface area contributed by atoms with Gasteiger partial charge < -0.3 is 14.2 Å². The minimum atomic E-state index is -0.776. The molecule has 0 aromatic carbocycles. The van der Waals surface area contributed by atoms with Crippen LogP contribution >= 0.6 is 0 Å². The zero-order valence-electron chi connectivity index (χ0n) is 48.8. The molecule has 0 N–H and O–H groups in total. The van der Waals surface area contributed by atoms with E-state index in [0.29, 0.717) is 19.3 Å². The molecule has 0 heterocycles. The highest BCUT2D eigenvalue weighted by Gasteiger charge is 2.19. The molecule has 74 heavy (non-hydrogen) atoms. The van der Waals surface area contributed by atoms with Crippen LogP contribution in [0.3, 0.4) is 0 Å². The zero-order valence-corrected chi connectivity index (χ0v) is 48.8. The molecule has 0 aromatic heterocycles. The van der Waals surface area contributed by atoms with E-state index in [1.165, 1.54) is 167 Å². The van der Waals surface area contributed by atoms with E-state index in [-0.39, 0.29) is 31.1 Å². The van der Waals surface area contributed by atoms with E-state index in [4.69, 9.17) is 14.2 Å². The molecule has 6 nitrogen and oxygen atoms in total. The minimum absolute atomic E-state index is 0.0762. The summed E-state index contributed by atoms with van der Waals surface area (Å²) in [5.41, 5.74) is 0. The van der Waals surface area contributed by atoms with Crippen molar-refractivity contribution >= 4 is 17.9 Å². The first kappa shape index (κ1) is 70.6. The van der Waals surface area contributed by atoms with Gasteiger partial charge in [-0.25, -0.2) is 0 Å². The van der Waals surface area contributed by atoms with Crippen molar-refractivity contribution in [2.24, 2.45) is 0 Å². The summed E-state index contributed by atoms with van der Waals surface area (Å²) < 4.78 is 16.8. The Morgan fingerprint density at radius 2 is 0.527 bits per heavy atom. The molecule has 0 saturated heterocycles. The van der Waals surface area contributed by atoms with Crippen molar-refractivity contribution < 1.29 is 28.6 Å². The lowest BCUT2D eigenvalue weighted by Crippen LogP contribution is -2.30. The highest BCUT2D eigenvalue weighted by atomic mass is 16.6. The smallest absolute Gasteiger partial charge is 0.306 e. The largest absolute Gasteiger partial charge is 0.462 e. The van der Waals surface area contributed by atoms with Gasteiger partial charge in [-0.3, -0.25) is 14.4 Å². The maximum Gasteiger partial charge on any atom is 0.306 e. The van der Waals surface area contributed by atoms with Crippen LogP contribution in [0.4, 0.5) is 0 Å². The summed E-state index contributed by atoms with van der Waals surface area (Å²) in [6.07, 6.45) is 81.9. The molecule has 1 atom stereocenters. The second-order valence-electron chi connectivity index (χ2n) is 20.9. The lowest BCUT2D eigenvalue weighted by Gasteiger charge is -2.18. The predicted octanol–water partition coefficient (Wildman–Crippen LogP) is 21.5. The summed E-state index contributed by atoms with van der Waals surface area (Å²) in [4.78, 5) is 38.0. The number of hydrogen-bond acceptors (Lipinski definition) is 6. The summed E-state index contributed by atoms with van der Waals surface area (Å²) in [5, 5.41) is 0. The third kappa shape index (κ3) is 59.5. The topological polar surface area (TPSA) is 78.9 Å². The third-order valence-corrected chi connectivity index (χ3v) is 13.6. The number of unbranched alkanes of at least 4 members (excludes halogenated alkanes) is 32. The first-order chi connectivity index (χ1) is 36.5. The molecule has 0 amide bonds. The Hall–Kier alpha value is -3.41. The van der Waals surface area contributed by atoms with Gasteiger partial charge in [-0.2, -0.15) is 0 Å². The standard InChI is InChI=1S/C68H118O6/c1-4-7-10-13-16-18-20-22-24-26-27-28-29-30-31-32-33-34-35-36-37-38-39-40-41-42-44-45-47-49-52-55-58-61-67(70)73-64-65(63-72-66(69)60-57-54-51-15-12-9-6-3)74-68(71)62-59-56-53-50-48-46-43-25-23-21-19-17-14-11-8-5-2/h7,10,16,18,22,24-25,27-28,30-31,33-34,43,65H,4-6,8-9,11-15,17,19-21,23,26,29,32,35-42,44-64H2,1-3H3/b10-7-,18-16-,24-22-,28-27-,31-30-,34-33-,43-25-. The number of hydrogen-bond donors (Lipinski definition) is 0. The van der Waals surface area contributed by atoms with E-state index in [1.54, 1.807) is 0 Å². The van der Waals surface area contributed by atoms with Crippen LogP contribution in [0.1, 0.15) is 310 Å². The lowest BCUT2D eigenvalue weighted by atomic mass is 10.0. The van der Waals surface area contributed by atoms with Gasteiger partial charge in [0, 0.05) is 19.3 Å². The number of carbonyl (C=O) groups is 3. The molecule has 0 aliphatic heterocycles. The summed E-state index contributed by atoms with van der Waals surface area (Å²) >= 11 is 0. The average Bonchev–Trinajstić information content (AvgIpc) is 3.40. The van der Waals surface area contributed by atoms with Crippen LogP contribution in [-0.4, -0.2) is 37.2 Å². The van der Waals surface area contributed by atoms with E-state index in [2.05, 4.69) is 106 Å². The summed E-state index contributed by atoms with van der Waals surface area (Å²) in [7, 11) is 0. The predicted molar refractivity (Wildman–Crippen MR) is 321 cm³/mol. The quantitative estimate of drug-likeness (QED) is 0.0261. The number of rotatable bonds is 57. The Labute approximate surface area is 458 Å². The van der Waals surface area contributed by atoms with Gasteiger partial charge in [-0.1, -0.05) is 279 Å². The van der Waals surface area contributed by atoms with E-state index >= 15 is 0 Å². The Balaban J connectivity index is 4.05. The van der Waals surface area contributed by atoms with Crippen molar-refractivity contribution in [3.05, 3.63) is 85.1 Å². The van der Waals surface area contributed by atoms with Gasteiger partial charge in [0.05, 0.1) is 0 Å². The average molecular weight is 1030 g/mol. The Kier molecular flexibility index (Phi) is 59.3. The zero-order chi connectivity index (χ0) is 53.6. The van der Waals surface area contributed by atoms with Crippen LogP contribution in [-0.2, 0) is 28.6 Å². The van der Waals surface area contributed by atoms with Crippen LogP contribution in [0, 0.1) is 0 Å². The highest BCUT2D eigenvalue weighted by molar-refractivity contribution is 5.71. The van der Waals surface area contributed by atoms with Crippen LogP contribution in [0.5, 0.6) is 0 Å². The Morgan fingerprint density at radius 1 is 0.284 bits per heavy atom. The molecule has 0 aromatic rings. The van der Waals surface area contributed by atoms with E-state index in [0.717, 1.165) is 103 Å². The van der Waals surface area contributed by atoms with Gasteiger partial charge in [0.15, 0.2) is 6.10 Å². The molecule has 0 spiro atoms. The van der Waals surface area contributed by atoms with Crippen molar-refractivity contribution in [1.82, 2.24) is 0 Å². The maximum absolute atomic E-state index is 12.8. The molecule has 0 aliphatic carbocycles. The molecule has 0 rings (SSSR count). The molecular weight excluding hydrogens is 913 g/mol. The fraction of sp³-hybridized carbons (Fsp3) is 0.750. The van der Waals surface area contributed by atoms with E-state index < -0.39 is 6.10 Å². The first-order valence-corrected chi connectivity index (χ1v) is 31.6. The molecule has 0 saturated carbocycles. The molecule has 6 heteroatoms. The summed E-state index contributed by atoms with van der Waals surface area (Å²) in [5.74, 6) is -0.882. The van der Waals surface area contributed by atoms with Gasteiger partial charge >= 0.3 is 17.9 Å². The monoisotopic (exact) mass is 1030 g/mol. The van der Waals surface area contributed by atoms with Gasteiger partial charge in [-0.05, 0) is 96.3 Å². The highest BCUT2D eigenvalue weighted by Crippen LogP contribution is 2.16. The lowest BCUT2D eigenvalue weighted by molar-refractivity contribution is -0.167. The molecule has 0 fully saturated rings. The molecule has 0 radical (unpaired) electrons. The Bertz CT molecular complexity index is 1420. The molecule has 0 bridgehead atoms. The number of carbonyl (C=O) groups excluding carboxylic acids is 3. The van der Waals surface area contributed by atoms with Crippen molar-refractivity contribution in [3.8, 4) is 0 Å². The van der Waals surface area contributed by atoms with Crippen LogP contribution in [0.2, 0.25) is 0 Å². The van der Waals surface area contributed by atoms with Gasteiger partial charge in [-0.15, -0.1) is 0 Å². The van der Waals surface area contributed by atoms with Crippen LogP contribution in [0.15, 0.2) is 85.1 Å². The molecule has 426 valence electrons. The second kappa shape index (κ2) is 62.1. The minimum Gasteiger partial charge on any atom is -0.462 e. The second-order valence-corrected chi connectivity index (χ2v) is 20.9. The molecular formula is C68H118O6. The Morgan fingerprint density at radius 3 is 0.838 bits per heavy atom. The summed E-state index contributed by atoms with van der Waals surface area (Å²) in [6, 6.07) is 0. The number of allylic oxidation sites excluding steroid dienone is 14. The summed E-state index contributed by atoms with van der Waals surface area (Å²) in [6.45, 7) is 6.50. The van der Waals surface area contributed by atoms with Crippen molar-refractivity contribution in [2.75, 3.05) is 13.2 Å².